The van der Waals surface area contributed by atoms with Gasteiger partial charge in [0.2, 0.25) is 5.91 Å². The van der Waals surface area contributed by atoms with Gasteiger partial charge in [0, 0.05) is 26.2 Å². The Kier molecular flexibility index (Phi) is 4.23. The molecule has 0 N–H and O–H groups in total. The highest BCUT2D eigenvalue weighted by molar-refractivity contribution is 6.07. The van der Waals surface area contributed by atoms with Crippen molar-refractivity contribution < 1.29 is 23.9 Å². The van der Waals surface area contributed by atoms with Gasteiger partial charge in [-0.3, -0.25) is 14.5 Å². The first-order valence-corrected chi connectivity index (χ1v) is 9.53. The fraction of sp³-hybridized carbons (Fsp3) is 0.833. The maximum absolute atomic E-state index is 13.2. The molecule has 0 aromatic heterocycles. The number of ether oxygens (including phenoxy) is 2. The molecule has 4 aliphatic heterocycles. The van der Waals surface area contributed by atoms with E-state index in [0.29, 0.717) is 39.4 Å². The number of amides is 4. The van der Waals surface area contributed by atoms with E-state index in [1.165, 1.54) is 4.90 Å². The van der Waals surface area contributed by atoms with Gasteiger partial charge >= 0.3 is 6.03 Å². The SMILES string of the molecule is CCN1C(=O)[C@H]2[C@H](O[C@@]3(C)C[C@H](C)CN(C(=O)N4CCOCC4)[C@@H]23)C1=O. The summed E-state index contributed by atoms with van der Waals surface area (Å²) < 4.78 is 11.5. The number of nitrogens with zero attached hydrogens (tertiary/aromatic N) is 3. The van der Waals surface area contributed by atoms with Crippen LogP contribution in [0.2, 0.25) is 0 Å². The quantitative estimate of drug-likeness (QED) is 0.625. The zero-order valence-electron chi connectivity index (χ0n) is 15.6. The molecule has 4 aliphatic rings. The van der Waals surface area contributed by atoms with Crippen LogP contribution in [0.1, 0.15) is 27.2 Å². The van der Waals surface area contributed by atoms with E-state index in [1.807, 2.05) is 6.92 Å². The molecular weight excluding hydrogens is 338 g/mol. The Morgan fingerprint density at radius 2 is 1.92 bits per heavy atom. The summed E-state index contributed by atoms with van der Waals surface area (Å²) in [6.07, 6.45) is -0.0210. The van der Waals surface area contributed by atoms with Crippen LogP contribution in [0.25, 0.3) is 0 Å². The first-order chi connectivity index (χ1) is 12.4. The van der Waals surface area contributed by atoms with Gasteiger partial charge in [-0.05, 0) is 26.2 Å². The summed E-state index contributed by atoms with van der Waals surface area (Å²) >= 11 is 0. The van der Waals surface area contributed by atoms with Crippen LogP contribution >= 0.6 is 0 Å². The second kappa shape index (κ2) is 6.20. The van der Waals surface area contributed by atoms with Crippen LogP contribution in [0.5, 0.6) is 0 Å². The molecule has 144 valence electrons. The Morgan fingerprint density at radius 3 is 2.58 bits per heavy atom. The van der Waals surface area contributed by atoms with E-state index in [1.54, 1.807) is 16.7 Å². The molecule has 4 saturated heterocycles. The average molecular weight is 365 g/mol. The van der Waals surface area contributed by atoms with Gasteiger partial charge in [-0.1, -0.05) is 6.92 Å². The summed E-state index contributed by atoms with van der Waals surface area (Å²) in [4.78, 5) is 43.6. The number of fused-ring (bicyclic) bond motifs is 3. The summed E-state index contributed by atoms with van der Waals surface area (Å²) in [6, 6.07) is -0.470. The molecule has 26 heavy (non-hydrogen) atoms. The summed E-state index contributed by atoms with van der Waals surface area (Å²) in [6.45, 7) is 8.90. The zero-order chi connectivity index (χ0) is 18.6. The summed E-state index contributed by atoms with van der Waals surface area (Å²) in [5, 5.41) is 0. The lowest BCUT2D eigenvalue weighted by Gasteiger charge is -2.48. The van der Waals surface area contributed by atoms with Crippen LogP contribution in [-0.2, 0) is 19.1 Å². The molecule has 0 saturated carbocycles. The number of rotatable bonds is 1. The fourth-order valence-electron chi connectivity index (χ4n) is 5.23. The Balaban J connectivity index is 1.67. The third-order valence-corrected chi connectivity index (χ3v) is 6.19. The first-order valence-electron chi connectivity index (χ1n) is 9.53. The predicted octanol–water partition coefficient (Wildman–Crippen LogP) is 0.311. The first kappa shape index (κ1) is 17.7. The molecule has 0 aromatic rings. The second-order valence-electron chi connectivity index (χ2n) is 8.09. The molecule has 0 aliphatic carbocycles. The van der Waals surface area contributed by atoms with E-state index < -0.39 is 23.7 Å². The Hall–Kier alpha value is -1.67. The van der Waals surface area contributed by atoms with Crippen molar-refractivity contribution in [3.8, 4) is 0 Å². The highest BCUT2D eigenvalue weighted by Gasteiger charge is 2.67. The molecule has 4 amide bonds. The van der Waals surface area contributed by atoms with E-state index in [2.05, 4.69) is 6.92 Å². The molecule has 0 bridgehead atoms. The minimum absolute atomic E-state index is 0.0736. The van der Waals surface area contributed by atoms with Gasteiger partial charge in [0.25, 0.3) is 5.91 Å². The minimum atomic E-state index is -0.761. The Labute approximate surface area is 153 Å². The number of carbonyl (C=O) groups excluding carboxylic acids is 3. The van der Waals surface area contributed by atoms with Crippen molar-refractivity contribution >= 4 is 17.8 Å². The molecule has 0 aromatic carbocycles. The summed E-state index contributed by atoms with van der Waals surface area (Å²) in [5.74, 6) is -0.812. The molecule has 4 fully saturated rings. The number of hydrogen-bond acceptors (Lipinski definition) is 5. The standard InChI is InChI=1S/C18H27N3O5/c1-4-20-15(22)12-13(16(20)23)26-18(3)9-11(2)10-21(14(12)18)17(24)19-5-7-25-8-6-19/h11-14H,4-10H2,1-3H3/t11-,12-,13-,14-,18-/m0/s1. The molecule has 8 heteroatoms. The van der Waals surface area contributed by atoms with E-state index >= 15 is 0 Å². The topological polar surface area (TPSA) is 79.4 Å². The number of morpholine rings is 1. The van der Waals surface area contributed by atoms with Crippen molar-refractivity contribution in [3.63, 3.8) is 0 Å². The highest BCUT2D eigenvalue weighted by Crippen LogP contribution is 2.49. The van der Waals surface area contributed by atoms with Gasteiger partial charge in [-0.25, -0.2) is 4.79 Å². The van der Waals surface area contributed by atoms with Gasteiger partial charge in [-0.2, -0.15) is 0 Å². The van der Waals surface area contributed by atoms with Gasteiger partial charge in [0.05, 0.1) is 30.8 Å². The molecule has 8 nitrogen and oxygen atoms in total. The monoisotopic (exact) mass is 365 g/mol. The largest absolute Gasteiger partial charge is 0.378 e. The third-order valence-electron chi connectivity index (χ3n) is 6.19. The van der Waals surface area contributed by atoms with Crippen molar-refractivity contribution in [1.29, 1.82) is 0 Å². The lowest BCUT2D eigenvalue weighted by atomic mass is 9.77. The maximum atomic E-state index is 13.2. The van der Waals surface area contributed by atoms with Gasteiger partial charge in [-0.15, -0.1) is 0 Å². The van der Waals surface area contributed by atoms with Gasteiger partial charge < -0.3 is 19.3 Å². The normalized spacial score (nSPS) is 40.0. The van der Waals surface area contributed by atoms with E-state index in [4.69, 9.17) is 9.47 Å². The number of hydrogen-bond donors (Lipinski definition) is 0. The van der Waals surface area contributed by atoms with Crippen molar-refractivity contribution in [3.05, 3.63) is 0 Å². The smallest absolute Gasteiger partial charge is 0.320 e. The molecule has 0 radical (unpaired) electrons. The van der Waals surface area contributed by atoms with E-state index in [-0.39, 0.29) is 23.8 Å². The van der Waals surface area contributed by atoms with Gasteiger partial charge in [0.1, 0.15) is 0 Å². The van der Waals surface area contributed by atoms with Crippen molar-refractivity contribution in [2.24, 2.45) is 11.8 Å². The molecule has 0 unspecified atom stereocenters. The van der Waals surface area contributed by atoms with Crippen LogP contribution < -0.4 is 0 Å². The number of piperidine rings is 1. The predicted molar refractivity (Wildman–Crippen MR) is 91.2 cm³/mol. The molecule has 0 spiro atoms. The summed E-state index contributed by atoms with van der Waals surface area (Å²) in [7, 11) is 0. The average Bonchev–Trinajstić information content (AvgIpc) is 3.04. The molecule has 4 heterocycles. The number of likely N-dealkylation sites (N-methyl/N-ethyl adjacent to an activating group) is 1. The Morgan fingerprint density at radius 1 is 1.23 bits per heavy atom. The van der Waals surface area contributed by atoms with E-state index in [9.17, 15) is 14.4 Å². The van der Waals surface area contributed by atoms with Crippen LogP contribution in [0.15, 0.2) is 0 Å². The van der Waals surface area contributed by atoms with E-state index in [0.717, 1.165) is 6.42 Å². The fourth-order valence-corrected chi connectivity index (χ4v) is 5.23. The molecule has 5 atom stereocenters. The van der Waals surface area contributed by atoms with Crippen LogP contribution in [-0.4, -0.2) is 89.7 Å². The van der Waals surface area contributed by atoms with Crippen LogP contribution in [0.3, 0.4) is 0 Å². The molecule has 4 rings (SSSR count). The minimum Gasteiger partial charge on any atom is -0.378 e. The van der Waals surface area contributed by atoms with Crippen molar-refractivity contribution in [2.45, 2.75) is 44.9 Å². The van der Waals surface area contributed by atoms with Crippen molar-refractivity contribution in [1.82, 2.24) is 14.7 Å². The van der Waals surface area contributed by atoms with Crippen molar-refractivity contribution in [2.75, 3.05) is 39.4 Å². The number of urea groups is 1. The van der Waals surface area contributed by atoms with Crippen LogP contribution in [0.4, 0.5) is 4.79 Å². The Bertz CT molecular complexity index is 634. The van der Waals surface area contributed by atoms with Crippen LogP contribution in [0, 0.1) is 11.8 Å². The highest BCUT2D eigenvalue weighted by atomic mass is 16.5. The number of likely N-dealkylation sites (tertiary alicyclic amines) is 2. The zero-order valence-corrected chi connectivity index (χ0v) is 15.6. The van der Waals surface area contributed by atoms with Gasteiger partial charge in [0.15, 0.2) is 6.10 Å². The summed E-state index contributed by atoms with van der Waals surface area (Å²) in [5.41, 5.74) is -0.667. The number of carbonyl (C=O) groups is 3. The second-order valence-corrected chi connectivity index (χ2v) is 8.09. The maximum Gasteiger partial charge on any atom is 0.320 e. The lowest BCUT2D eigenvalue weighted by molar-refractivity contribution is -0.151. The number of imide groups is 1. The third kappa shape index (κ3) is 2.45. The lowest BCUT2D eigenvalue weighted by Crippen LogP contribution is -2.63. The molecular formula is C18H27N3O5.